The second-order valence-electron chi connectivity index (χ2n) is 6.76. The van der Waals surface area contributed by atoms with Crippen molar-refractivity contribution in [3.05, 3.63) is 36.4 Å². The molecule has 3 N–H and O–H groups in total. The number of rotatable bonds is 3. The zero-order valence-electron chi connectivity index (χ0n) is 14.2. The second kappa shape index (κ2) is 6.41. The number of methoxy groups -OCH3 is 1. The molecule has 3 aromatic rings. The molecule has 0 saturated heterocycles. The summed E-state index contributed by atoms with van der Waals surface area (Å²) in [7, 11) is 1.61. The van der Waals surface area contributed by atoms with Crippen molar-refractivity contribution in [2.45, 2.75) is 31.7 Å². The van der Waals surface area contributed by atoms with Gasteiger partial charge in [-0.15, -0.1) is 0 Å². The third-order valence-electron chi connectivity index (χ3n) is 5.04. The van der Waals surface area contributed by atoms with Crippen molar-refractivity contribution in [3.63, 3.8) is 0 Å². The second-order valence-corrected chi connectivity index (χ2v) is 6.76. The first-order valence-corrected chi connectivity index (χ1v) is 8.71. The van der Waals surface area contributed by atoms with E-state index in [1.165, 1.54) is 0 Å². The largest absolute Gasteiger partial charge is 0.495 e. The molecule has 0 radical (unpaired) electrons. The molecule has 1 aromatic heterocycles. The maximum Gasteiger partial charge on any atom is 0.227 e. The molecule has 1 saturated carbocycles. The van der Waals surface area contributed by atoms with Gasteiger partial charge < -0.3 is 20.2 Å². The number of furan rings is 1. The number of carbonyl (C=O) groups is 1. The fourth-order valence-corrected chi connectivity index (χ4v) is 3.72. The molecule has 2 atom stereocenters. The van der Waals surface area contributed by atoms with Crippen LogP contribution in [-0.4, -0.2) is 19.1 Å². The summed E-state index contributed by atoms with van der Waals surface area (Å²) in [6, 6.07) is 11.7. The highest BCUT2D eigenvalue weighted by Crippen LogP contribution is 2.37. The van der Waals surface area contributed by atoms with E-state index in [0.29, 0.717) is 11.4 Å². The minimum Gasteiger partial charge on any atom is -0.495 e. The van der Waals surface area contributed by atoms with Crippen LogP contribution in [0.5, 0.6) is 5.75 Å². The smallest absolute Gasteiger partial charge is 0.227 e. The number of anilines is 1. The molecule has 0 aliphatic heterocycles. The summed E-state index contributed by atoms with van der Waals surface area (Å²) in [5.41, 5.74) is 8.20. The van der Waals surface area contributed by atoms with Crippen LogP contribution in [0.15, 0.2) is 40.8 Å². The van der Waals surface area contributed by atoms with E-state index in [0.717, 1.165) is 47.6 Å². The van der Waals surface area contributed by atoms with E-state index in [9.17, 15) is 4.79 Å². The van der Waals surface area contributed by atoms with Crippen LogP contribution in [0.4, 0.5) is 5.69 Å². The molecule has 1 amide bonds. The quantitative estimate of drug-likeness (QED) is 0.755. The fraction of sp³-hybridized carbons (Fsp3) is 0.350. The summed E-state index contributed by atoms with van der Waals surface area (Å²) in [5, 5.41) is 5.02. The summed E-state index contributed by atoms with van der Waals surface area (Å²) in [5.74, 6) is 0.594. The molecule has 1 aliphatic rings. The molecule has 25 heavy (non-hydrogen) atoms. The van der Waals surface area contributed by atoms with Gasteiger partial charge >= 0.3 is 0 Å². The van der Waals surface area contributed by atoms with Gasteiger partial charge in [-0.25, -0.2) is 0 Å². The lowest BCUT2D eigenvalue weighted by atomic mass is 9.85. The summed E-state index contributed by atoms with van der Waals surface area (Å²) in [4.78, 5) is 12.6. The molecule has 5 heteroatoms. The number of fused-ring (bicyclic) bond motifs is 3. The molecule has 4 rings (SSSR count). The van der Waals surface area contributed by atoms with Crippen molar-refractivity contribution < 1.29 is 13.9 Å². The van der Waals surface area contributed by atoms with Crippen LogP contribution >= 0.6 is 0 Å². The number of benzene rings is 2. The van der Waals surface area contributed by atoms with E-state index >= 15 is 0 Å². The fourth-order valence-electron chi connectivity index (χ4n) is 3.72. The number of ether oxygens (including phenoxy) is 1. The molecule has 5 nitrogen and oxygen atoms in total. The van der Waals surface area contributed by atoms with Crippen LogP contribution in [0, 0.1) is 5.92 Å². The molecular weight excluding hydrogens is 316 g/mol. The van der Waals surface area contributed by atoms with Gasteiger partial charge in [0.15, 0.2) is 0 Å². The van der Waals surface area contributed by atoms with E-state index in [1.807, 2.05) is 36.4 Å². The van der Waals surface area contributed by atoms with Gasteiger partial charge in [0.1, 0.15) is 16.9 Å². The Hall–Kier alpha value is -2.53. The Morgan fingerprint density at radius 2 is 2.04 bits per heavy atom. The van der Waals surface area contributed by atoms with Crippen molar-refractivity contribution in [2.24, 2.45) is 11.7 Å². The molecule has 0 bridgehead atoms. The Labute approximate surface area is 146 Å². The predicted octanol–water partition coefficient (Wildman–Crippen LogP) is 4.05. The summed E-state index contributed by atoms with van der Waals surface area (Å²) >= 11 is 0. The Bertz CT molecular complexity index is 931. The monoisotopic (exact) mass is 338 g/mol. The van der Waals surface area contributed by atoms with Gasteiger partial charge in [0.2, 0.25) is 5.91 Å². The highest BCUT2D eigenvalue weighted by molar-refractivity contribution is 6.07. The highest BCUT2D eigenvalue weighted by atomic mass is 16.5. The molecule has 0 spiro atoms. The van der Waals surface area contributed by atoms with Gasteiger partial charge in [-0.05, 0) is 31.4 Å². The van der Waals surface area contributed by atoms with Crippen LogP contribution in [0.3, 0.4) is 0 Å². The minimum absolute atomic E-state index is 0.00362. The maximum absolute atomic E-state index is 12.6. The van der Waals surface area contributed by atoms with Crippen molar-refractivity contribution >= 4 is 33.5 Å². The van der Waals surface area contributed by atoms with Gasteiger partial charge in [-0.2, -0.15) is 0 Å². The van der Waals surface area contributed by atoms with E-state index in [4.69, 9.17) is 14.9 Å². The van der Waals surface area contributed by atoms with Crippen LogP contribution in [0.1, 0.15) is 25.7 Å². The lowest BCUT2D eigenvalue weighted by Crippen LogP contribution is -2.34. The molecule has 130 valence electrons. The van der Waals surface area contributed by atoms with E-state index in [-0.39, 0.29) is 17.9 Å². The van der Waals surface area contributed by atoms with Crippen molar-refractivity contribution in [1.29, 1.82) is 0 Å². The summed E-state index contributed by atoms with van der Waals surface area (Å²) in [6.07, 6.45) is 3.62. The van der Waals surface area contributed by atoms with E-state index in [2.05, 4.69) is 5.32 Å². The molecule has 1 fully saturated rings. The zero-order chi connectivity index (χ0) is 17.4. The molecule has 2 aromatic carbocycles. The van der Waals surface area contributed by atoms with Gasteiger partial charge in [-0.3, -0.25) is 4.79 Å². The van der Waals surface area contributed by atoms with Crippen LogP contribution in [0.25, 0.3) is 21.9 Å². The van der Waals surface area contributed by atoms with Crippen LogP contribution in [-0.2, 0) is 4.79 Å². The Morgan fingerprint density at radius 1 is 1.20 bits per heavy atom. The van der Waals surface area contributed by atoms with Gasteiger partial charge in [0.05, 0.1) is 12.8 Å². The Morgan fingerprint density at radius 3 is 2.84 bits per heavy atom. The average Bonchev–Trinajstić information content (AvgIpc) is 2.98. The number of hydrogen-bond acceptors (Lipinski definition) is 4. The standard InChI is InChI=1S/C20H22N2O3/c1-24-19-10-15-14-7-2-3-8-17(14)25-18(15)11-16(19)22-20(23)12-5-4-6-13(21)9-12/h2-3,7-8,10-13H,4-6,9,21H2,1H3,(H,22,23). The molecule has 1 aliphatic carbocycles. The lowest BCUT2D eigenvalue weighted by molar-refractivity contribution is -0.120. The van der Waals surface area contributed by atoms with Crippen molar-refractivity contribution in [2.75, 3.05) is 12.4 Å². The maximum atomic E-state index is 12.6. The van der Waals surface area contributed by atoms with Crippen molar-refractivity contribution in [1.82, 2.24) is 0 Å². The average molecular weight is 338 g/mol. The third kappa shape index (κ3) is 2.96. The van der Waals surface area contributed by atoms with E-state index < -0.39 is 0 Å². The number of nitrogens with two attached hydrogens (primary N) is 1. The molecule has 2 unspecified atom stereocenters. The number of amides is 1. The predicted molar refractivity (Wildman–Crippen MR) is 98.8 cm³/mol. The Kier molecular flexibility index (Phi) is 4.09. The highest BCUT2D eigenvalue weighted by Gasteiger charge is 2.26. The zero-order valence-corrected chi connectivity index (χ0v) is 14.2. The summed E-state index contributed by atoms with van der Waals surface area (Å²) < 4.78 is 11.4. The minimum atomic E-state index is -0.0418. The number of nitrogens with one attached hydrogen (secondary N) is 1. The van der Waals surface area contributed by atoms with Gasteiger partial charge in [0, 0.05) is 28.8 Å². The topological polar surface area (TPSA) is 77.5 Å². The molecular formula is C20H22N2O3. The lowest BCUT2D eigenvalue weighted by Gasteiger charge is -2.25. The number of hydrogen-bond donors (Lipinski definition) is 2. The first-order chi connectivity index (χ1) is 12.2. The first-order valence-electron chi connectivity index (χ1n) is 8.71. The summed E-state index contributed by atoms with van der Waals surface area (Å²) in [6.45, 7) is 0. The van der Waals surface area contributed by atoms with Gasteiger partial charge in [0.25, 0.3) is 0 Å². The number of para-hydroxylation sites is 1. The van der Waals surface area contributed by atoms with Crippen LogP contribution in [0.2, 0.25) is 0 Å². The van der Waals surface area contributed by atoms with Gasteiger partial charge in [-0.1, -0.05) is 24.6 Å². The first kappa shape index (κ1) is 16.0. The SMILES string of the molecule is COc1cc2c(cc1NC(=O)C1CCCC(N)C1)oc1ccccc12. The van der Waals surface area contributed by atoms with E-state index in [1.54, 1.807) is 7.11 Å². The van der Waals surface area contributed by atoms with Crippen molar-refractivity contribution in [3.8, 4) is 5.75 Å². The third-order valence-corrected chi connectivity index (χ3v) is 5.04. The Balaban J connectivity index is 1.68. The molecule has 1 heterocycles. The van der Waals surface area contributed by atoms with Crippen LogP contribution < -0.4 is 15.8 Å². The normalized spacial score (nSPS) is 20.7. The number of carbonyl (C=O) groups excluding carboxylic acids is 1.